The average molecular weight is 248 g/mol. The lowest BCUT2D eigenvalue weighted by molar-refractivity contribution is 0.340. The highest BCUT2D eigenvalue weighted by Gasteiger charge is 2.13. The fraction of sp³-hybridized carbons (Fsp3) is 0.600. The number of ether oxygens (including phenoxy) is 1. The van der Waals surface area contributed by atoms with Crippen LogP contribution in [0.3, 0.4) is 0 Å². The lowest BCUT2D eigenvalue weighted by atomic mass is 10.1. The zero-order valence-corrected chi connectivity index (χ0v) is 11.2. The van der Waals surface area contributed by atoms with Crippen LogP contribution in [0.2, 0.25) is 0 Å². The summed E-state index contributed by atoms with van der Waals surface area (Å²) < 4.78 is 5.43. The fourth-order valence-corrected chi connectivity index (χ4v) is 2.37. The molecule has 2 rings (SSSR count). The highest BCUT2D eigenvalue weighted by Crippen LogP contribution is 2.13. The van der Waals surface area contributed by atoms with Gasteiger partial charge in [-0.05, 0) is 63.0 Å². The van der Waals surface area contributed by atoms with Crippen LogP contribution in [0.4, 0.5) is 0 Å². The van der Waals surface area contributed by atoms with Gasteiger partial charge in [0.05, 0.1) is 6.61 Å². The molecule has 0 saturated carbocycles. The van der Waals surface area contributed by atoms with Crippen LogP contribution in [0, 0.1) is 5.92 Å². The molecule has 18 heavy (non-hydrogen) atoms. The molecule has 3 heteroatoms. The van der Waals surface area contributed by atoms with E-state index >= 15 is 0 Å². The highest BCUT2D eigenvalue weighted by molar-refractivity contribution is 5.27. The van der Waals surface area contributed by atoms with Crippen LogP contribution < -0.4 is 15.4 Å². The van der Waals surface area contributed by atoms with E-state index in [-0.39, 0.29) is 0 Å². The second kappa shape index (κ2) is 7.39. The van der Waals surface area contributed by atoms with E-state index in [2.05, 4.69) is 22.8 Å². The summed E-state index contributed by atoms with van der Waals surface area (Å²) in [6.45, 7) is 7.20. The summed E-state index contributed by atoms with van der Waals surface area (Å²) in [4.78, 5) is 0. The van der Waals surface area contributed by atoms with Crippen LogP contribution >= 0.6 is 0 Å². The average Bonchev–Trinajstić information content (AvgIpc) is 2.90. The first-order valence-corrected chi connectivity index (χ1v) is 7.01. The van der Waals surface area contributed by atoms with Crippen LogP contribution in [-0.4, -0.2) is 26.2 Å². The number of benzene rings is 1. The predicted molar refractivity (Wildman–Crippen MR) is 74.9 cm³/mol. The lowest BCUT2D eigenvalue weighted by Crippen LogP contribution is -2.19. The molecule has 1 fully saturated rings. The Morgan fingerprint density at radius 3 is 2.83 bits per heavy atom. The van der Waals surface area contributed by atoms with Crippen molar-refractivity contribution in [1.29, 1.82) is 0 Å². The summed E-state index contributed by atoms with van der Waals surface area (Å²) >= 11 is 0. The Morgan fingerprint density at radius 2 is 2.17 bits per heavy atom. The highest BCUT2D eigenvalue weighted by atomic mass is 16.5. The summed E-state index contributed by atoms with van der Waals surface area (Å²) in [7, 11) is 0. The van der Waals surface area contributed by atoms with Crippen molar-refractivity contribution >= 4 is 0 Å². The van der Waals surface area contributed by atoms with Crippen molar-refractivity contribution in [1.82, 2.24) is 10.6 Å². The smallest absolute Gasteiger partial charge is 0.119 e. The van der Waals surface area contributed by atoms with Gasteiger partial charge >= 0.3 is 0 Å². The van der Waals surface area contributed by atoms with Crippen LogP contribution in [0.15, 0.2) is 24.3 Å². The summed E-state index contributed by atoms with van der Waals surface area (Å²) in [5.41, 5.74) is 1.32. The first-order chi connectivity index (χ1) is 8.88. The van der Waals surface area contributed by atoms with Gasteiger partial charge in [-0.3, -0.25) is 0 Å². The molecule has 0 aromatic heterocycles. The van der Waals surface area contributed by atoms with Gasteiger partial charge in [0.25, 0.3) is 0 Å². The Kier molecular flexibility index (Phi) is 5.49. The number of hydrogen-bond donors (Lipinski definition) is 2. The minimum absolute atomic E-state index is 0.729. The van der Waals surface area contributed by atoms with E-state index in [4.69, 9.17) is 4.74 Å². The van der Waals surface area contributed by atoms with Gasteiger partial charge in [0, 0.05) is 6.54 Å². The van der Waals surface area contributed by atoms with Gasteiger partial charge in [0.2, 0.25) is 0 Å². The van der Waals surface area contributed by atoms with Crippen LogP contribution in [0.1, 0.15) is 25.3 Å². The third-order valence-electron chi connectivity index (χ3n) is 3.46. The van der Waals surface area contributed by atoms with Crippen molar-refractivity contribution in [3.8, 4) is 5.75 Å². The van der Waals surface area contributed by atoms with Crippen molar-refractivity contribution in [3.05, 3.63) is 29.8 Å². The zero-order chi connectivity index (χ0) is 12.6. The molecular formula is C15H24N2O. The van der Waals surface area contributed by atoms with E-state index in [9.17, 15) is 0 Å². The van der Waals surface area contributed by atoms with Gasteiger partial charge in [0.15, 0.2) is 0 Å². The Hall–Kier alpha value is -1.06. The molecule has 2 N–H and O–H groups in total. The molecule has 3 nitrogen and oxygen atoms in total. The first-order valence-electron chi connectivity index (χ1n) is 7.01. The Morgan fingerprint density at radius 1 is 1.33 bits per heavy atom. The van der Waals surface area contributed by atoms with E-state index in [1.165, 1.54) is 31.5 Å². The molecule has 0 radical (unpaired) electrons. The maximum Gasteiger partial charge on any atom is 0.119 e. The minimum atomic E-state index is 0.729. The van der Waals surface area contributed by atoms with Gasteiger partial charge in [-0.1, -0.05) is 12.1 Å². The van der Waals surface area contributed by atoms with Crippen molar-refractivity contribution < 1.29 is 4.74 Å². The molecule has 1 aromatic carbocycles. The molecule has 100 valence electrons. The molecule has 0 spiro atoms. The van der Waals surface area contributed by atoms with Crippen LogP contribution in [0.5, 0.6) is 5.75 Å². The van der Waals surface area contributed by atoms with Crippen molar-refractivity contribution in [2.24, 2.45) is 5.92 Å². The third kappa shape index (κ3) is 4.31. The Bertz CT molecular complexity index is 331. The van der Waals surface area contributed by atoms with Gasteiger partial charge in [-0.2, -0.15) is 0 Å². The third-order valence-corrected chi connectivity index (χ3v) is 3.46. The van der Waals surface area contributed by atoms with Crippen molar-refractivity contribution in [3.63, 3.8) is 0 Å². The predicted octanol–water partition coefficient (Wildman–Crippen LogP) is 2.17. The fourth-order valence-electron chi connectivity index (χ4n) is 2.37. The molecule has 1 aliphatic rings. The second-order valence-corrected chi connectivity index (χ2v) is 4.90. The molecule has 0 bridgehead atoms. The quantitative estimate of drug-likeness (QED) is 0.726. The zero-order valence-electron chi connectivity index (χ0n) is 11.2. The molecule has 0 aliphatic carbocycles. The summed E-state index contributed by atoms with van der Waals surface area (Å²) in [6.07, 6.45) is 2.62. The van der Waals surface area contributed by atoms with E-state index in [0.29, 0.717) is 0 Å². The van der Waals surface area contributed by atoms with Gasteiger partial charge in [-0.25, -0.2) is 0 Å². The largest absolute Gasteiger partial charge is 0.494 e. The summed E-state index contributed by atoms with van der Waals surface area (Å²) in [5.74, 6) is 1.83. The van der Waals surface area contributed by atoms with Gasteiger partial charge < -0.3 is 15.4 Å². The van der Waals surface area contributed by atoms with E-state index in [1.807, 2.05) is 19.1 Å². The van der Waals surface area contributed by atoms with Crippen LogP contribution in [-0.2, 0) is 6.54 Å². The lowest BCUT2D eigenvalue weighted by Gasteiger charge is -2.09. The van der Waals surface area contributed by atoms with E-state index in [1.54, 1.807) is 0 Å². The summed E-state index contributed by atoms with van der Waals surface area (Å²) in [6, 6.07) is 8.35. The standard InChI is InChI=1S/C15H24N2O/c1-2-18-15-5-3-13(4-6-15)11-16-9-7-14-8-10-17-12-14/h3-6,14,16-17H,2,7-12H2,1H3. The SMILES string of the molecule is CCOc1ccc(CNCCC2CCNC2)cc1. The molecule has 1 aromatic rings. The van der Waals surface area contributed by atoms with Gasteiger partial charge in [-0.15, -0.1) is 0 Å². The van der Waals surface area contributed by atoms with E-state index < -0.39 is 0 Å². The van der Waals surface area contributed by atoms with Crippen LogP contribution in [0.25, 0.3) is 0 Å². The number of hydrogen-bond acceptors (Lipinski definition) is 3. The minimum Gasteiger partial charge on any atom is -0.494 e. The van der Waals surface area contributed by atoms with E-state index in [0.717, 1.165) is 31.4 Å². The monoisotopic (exact) mass is 248 g/mol. The summed E-state index contributed by atoms with van der Waals surface area (Å²) in [5, 5.41) is 6.92. The Labute approximate surface area is 110 Å². The molecule has 0 amide bonds. The molecule has 1 heterocycles. The molecule has 1 unspecified atom stereocenters. The maximum atomic E-state index is 5.43. The molecule has 1 atom stereocenters. The van der Waals surface area contributed by atoms with Crippen molar-refractivity contribution in [2.45, 2.75) is 26.3 Å². The van der Waals surface area contributed by atoms with Gasteiger partial charge in [0.1, 0.15) is 5.75 Å². The molecular weight excluding hydrogens is 224 g/mol. The Balaban J connectivity index is 1.63. The topological polar surface area (TPSA) is 33.3 Å². The first kappa shape index (κ1) is 13.4. The molecule has 1 aliphatic heterocycles. The maximum absolute atomic E-state index is 5.43. The number of rotatable bonds is 7. The normalized spacial score (nSPS) is 19.1. The van der Waals surface area contributed by atoms with Crippen molar-refractivity contribution in [2.75, 3.05) is 26.2 Å². The number of nitrogens with one attached hydrogen (secondary N) is 2. The second-order valence-electron chi connectivity index (χ2n) is 4.90. The molecule has 1 saturated heterocycles.